The van der Waals surface area contributed by atoms with E-state index >= 15 is 0 Å². The van der Waals surface area contributed by atoms with Gasteiger partial charge in [0.15, 0.2) is 0 Å². The molecule has 0 aliphatic heterocycles. The molecule has 0 amide bonds. The summed E-state index contributed by atoms with van der Waals surface area (Å²) < 4.78 is 2.05. The summed E-state index contributed by atoms with van der Waals surface area (Å²) in [6.45, 7) is 9.58. The summed E-state index contributed by atoms with van der Waals surface area (Å²) in [6, 6.07) is 0. The number of rotatable bonds is 3. The van der Waals surface area contributed by atoms with Crippen molar-refractivity contribution in [3.05, 3.63) is 0 Å². The minimum atomic E-state index is -1.60. The Hall–Kier alpha value is 0.799. The van der Waals surface area contributed by atoms with Gasteiger partial charge < -0.3 is 0 Å². The Labute approximate surface area is 70.3 Å². The molecule has 1 unspecified atom stereocenters. The van der Waals surface area contributed by atoms with Crippen LogP contribution in [0.25, 0.3) is 0 Å². The second kappa shape index (κ2) is 3.98. The van der Waals surface area contributed by atoms with E-state index in [0.717, 1.165) is 7.87 Å². The Morgan fingerprint density at radius 1 is 1.10 bits per heavy atom. The van der Waals surface area contributed by atoms with Crippen molar-refractivity contribution in [3.8, 4) is 0 Å². The molecule has 0 rings (SSSR count). The molecule has 10 heavy (non-hydrogen) atoms. The second-order valence-electron chi connectivity index (χ2n) is 4.29. The van der Waals surface area contributed by atoms with E-state index in [1.54, 1.807) is 0 Å². The maximum absolute atomic E-state index is 2.58. The fourth-order valence-corrected chi connectivity index (χ4v) is 7.35. The van der Waals surface area contributed by atoms with Crippen molar-refractivity contribution in [2.75, 3.05) is 0 Å². The molecule has 0 saturated heterocycles. The van der Waals surface area contributed by atoms with Gasteiger partial charge in [-0.15, -0.1) is 0 Å². The summed E-state index contributed by atoms with van der Waals surface area (Å²) in [5.41, 5.74) is 0. The first-order valence-corrected chi connectivity index (χ1v) is 13.4. The van der Waals surface area contributed by atoms with Crippen LogP contribution < -0.4 is 0 Å². The zero-order valence-electron chi connectivity index (χ0n) is 8.36. The molecule has 0 radical (unpaired) electrons. The number of hydrogen-bond acceptors (Lipinski definition) is 0. The van der Waals surface area contributed by atoms with Gasteiger partial charge >= 0.3 is 70.2 Å². The molecule has 0 saturated carbocycles. The van der Waals surface area contributed by atoms with Crippen molar-refractivity contribution in [1.82, 2.24) is 0 Å². The quantitative estimate of drug-likeness (QED) is 0.665. The first kappa shape index (κ1) is 10.8. The zero-order valence-corrected chi connectivity index (χ0v) is 11.2. The third kappa shape index (κ3) is 2.44. The van der Waals surface area contributed by atoms with Crippen molar-refractivity contribution < 1.29 is 0 Å². The molecule has 0 aromatic heterocycles. The predicted octanol–water partition coefficient (Wildman–Crippen LogP) is 3.90. The van der Waals surface area contributed by atoms with Gasteiger partial charge in [0, 0.05) is 0 Å². The van der Waals surface area contributed by atoms with Gasteiger partial charge in [0.2, 0.25) is 0 Å². The molecule has 1 heteroatoms. The Morgan fingerprint density at radius 3 is 1.60 bits per heavy atom. The van der Waals surface area contributed by atoms with E-state index < -0.39 is 18.4 Å². The summed E-state index contributed by atoms with van der Waals surface area (Å²) in [7, 11) is 0. The molecule has 0 heterocycles. The van der Waals surface area contributed by atoms with Gasteiger partial charge in [-0.2, -0.15) is 0 Å². The first-order chi connectivity index (χ1) is 4.42. The van der Waals surface area contributed by atoms with E-state index in [4.69, 9.17) is 0 Å². The molecule has 0 spiro atoms. The monoisotopic (exact) mass is 250 g/mol. The molecule has 0 aliphatic carbocycles. The van der Waals surface area contributed by atoms with Crippen LogP contribution in [0.15, 0.2) is 0 Å². The standard InChI is InChI=1S/C4H9.C3H7.2CH3.Sn/c1-3-4-2;1-3-2;;;/h3H,4H2,1-2H3;3H,1-2H3;2*1H3;. The van der Waals surface area contributed by atoms with Crippen molar-refractivity contribution in [3.63, 3.8) is 0 Å². The third-order valence-electron chi connectivity index (χ3n) is 3.37. The van der Waals surface area contributed by atoms with Crippen LogP contribution in [0.3, 0.4) is 0 Å². The molecular formula is C9H22Sn. The van der Waals surface area contributed by atoms with Crippen LogP contribution in [-0.4, -0.2) is 18.4 Å². The van der Waals surface area contributed by atoms with Crippen LogP contribution >= 0.6 is 0 Å². The van der Waals surface area contributed by atoms with E-state index in [-0.39, 0.29) is 0 Å². The molecule has 0 aromatic carbocycles. The summed E-state index contributed by atoms with van der Waals surface area (Å²) >= 11 is -1.60. The van der Waals surface area contributed by atoms with Crippen LogP contribution in [0, 0.1) is 0 Å². The van der Waals surface area contributed by atoms with E-state index in [0.29, 0.717) is 0 Å². The van der Waals surface area contributed by atoms with Crippen LogP contribution in [0.2, 0.25) is 17.7 Å². The van der Waals surface area contributed by atoms with Gasteiger partial charge in [-0.05, 0) is 0 Å². The summed E-state index contributed by atoms with van der Waals surface area (Å²) in [5.74, 6) is 0. The average molecular weight is 249 g/mol. The summed E-state index contributed by atoms with van der Waals surface area (Å²) in [6.07, 6.45) is 1.39. The Morgan fingerprint density at radius 2 is 1.50 bits per heavy atom. The molecule has 0 N–H and O–H groups in total. The van der Waals surface area contributed by atoms with Gasteiger partial charge in [-0.1, -0.05) is 0 Å². The third-order valence-corrected chi connectivity index (χ3v) is 20.3. The molecule has 0 fully saturated rings. The summed E-state index contributed by atoms with van der Waals surface area (Å²) in [5, 5.41) is 0. The molecule has 0 bridgehead atoms. The second-order valence-corrected chi connectivity index (χ2v) is 20.8. The van der Waals surface area contributed by atoms with Crippen LogP contribution in [-0.2, 0) is 0 Å². The number of hydrogen-bond donors (Lipinski definition) is 0. The van der Waals surface area contributed by atoms with Gasteiger partial charge in [0.05, 0.1) is 0 Å². The maximum atomic E-state index is 2.58. The van der Waals surface area contributed by atoms with Crippen molar-refractivity contribution >= 4 is 18.4 Å². The van der Waals surface area contributed by atoms with Gasteiger partial charge in [-0.3, -0.25) is 0 Å². The first-order valence-electron chi connectivity index (χ1n) is 4.42. The SMILES string of the molecule is CC[CH](C)[Sn]([CH3])([CH3])[CH](C)C. The van der Waals surface area contributed by atoms with E-state index in [1.165, 1.54) is 6.42 Å². The fourth-order valence-electron chi connectivity index (χ4n) is 1.10. The minimum absolute atomic E-state index is 1.00. The van der Waals surface area contributed by atoms with Crippen molar-refractivity contribution in [2.24, 2.45) is 0 Å². The zero-order chi connectivity index (χ0) is 8.36. The fraction of sp³-hybridized carbons (Fsp3) is 1.00. The Kier molecular flexibility index (Phi) is 4.30. The van der Waals surface area contributed by atoms with Crippen LogP contribution in [0.1, 0.15) is 34.1 Å². The molecule has 0 aliphatic rings. The molecule has 1 atom stereocenters. The molecule has 0 aromatic rings. The summed E-state index contributed by atoms with van der Waals surface area (Å²) in [4.78, 5) is 5.15. The van der Waals surface area contributed by atoms with Gasteiger partial charge in [0.25, 0.3) is 0 Å². The van der Waals surface area contributed by atoms with Crippen molar-refractivity contribution in [1.29, 1.82) is 0 Å². The normalized spacial score (nSPS) is 15.9. The van der Waals surface area contributed by atoms with E-state index in [9.17, 15) is 0 Å². The molecule has 0 nitrogen and oxygen atoms in total. The van der Waals surface area contributed by atoms with Gasteiger partial charge in [-0.25, -0.2) is 0 Å². The van der Waals surface area contributed by atoms with E-state index in [1.807, 2.05) is 0 Å². The van der Waals surface area contributed by atoms with Crippen LogP contribution in [0.4, 0.5) is 0 Å². The van der Waals surface area contributed by atoms with Crippen molar-refractivity contribution in [2.45, 2.75) is 51.9 Å². The molecule has 62 valence electrons. The average Bonchev–Trinajstić information content (AvgIpc) is 1.86. The predicted molar refractivity (Wildman–Crippen MR) is 52.3 cm³/mol. The molecular weight excluding hydrogens is 227 g/mol. The Balaban J connectivity index is 4.09. The topological polar surface area (TPSA) is 0 Å². The van der Waals surface area contributed by atoms with Crippen LogP contribution in [0.5, 0.6) is 0 Å². The Bertz CT molecular complexity index is 94.9. The van der Waals surface area contributed by atoms with Gasteiger partial charge in [0.1, 0.15) is 0 Å². The van der Waals surface area contributed by atoms with E-state index in [2.05, 4.69) is 37.6 Å².